The van der Waals surface area contributed by atoms with Crippen molar-refractivity contribution in [3.63, 3.8) is 0 Å². The van der Waals surface area contributed by atoms with Gasteiger partial charge >= 0.3 is 0 Å². The number of hydrogen-bond acceptors (Lipinski definition) is 5. The Balaban J connectivity index is 1.61. The van der Waals surface area contributed by atoms with Gasteiger partial charge in [0.1, 0.15) is 0 Å². The Morgan fingerprint density at radius 1 is 1.09 bits per heavy atom. The Kier molecular flexibility index (Phi) is 5.57. The van der Waals surface area contributed by atoms with Gasteiger partial charge < -0.3 is 19.1 Å². The molecule has 6 heteroatoms. The molecule has 0 spiro atoms. The molecule has 0 aromatic heterocycles. The van der Waals surface area contributed by atoms with Crippen LogP contribution < -0.4 is 0 Å². The lowest BCUT2D eigenvalue weighted by atomic mass is 9.91. The summed E-state index contributed by atoms with van der Waals surface area (Å²) in [4.78, 5) is 17.7. The maximum atomic E-state index is 13.1. The minimum atomic E-state index is -0.673. The molecule has 6 nitrogen and oxygen atoms in total. The lowest BCUT2D eigenvalue weighted by Gasteiger charge is -2.47. The molecule has 3 heterocycles. The van der Waals surface area contributed by atoms with Crippen LogP contribution in [0.3, 0.4) is 0 Å². The number of piperazine rings is 1. The molecular formula is C17H30N2O4. The second-order valence-electron chi connectivity index (χ2n) is 7.00. The van der Waals surface area contributed by atoms with E-state index in [0.29, 0.717) is 32.1 Å². The van der Waals surface area contributed by atoms with Gasteiger partial charge in [0.25, 0.3) is 5.91 Å². The molecule has 1 atom stereocenters. The molecule has 0 bridgehead atoms. The summed E-state index contributed by atoms with van der Waals surface area (Å²) in [6, 6.07) is 0.844. The minimum Gasteiger partial charge on any atom is -0.381 e. The molecule has 3 rings (SSSR count). The summed E-state index contributed by atoms with van der Waals surface area (Å²) in [5.41, 5.74) is -0.673. The molecule has 0 radical (unpaired) electrons. The van der Waals surface area contributed by atoms with Crippen LogP contribution in [-0.2, 0) is 19.0 Å². The fraction of sp³-hybridized carbons (Fsp3) is 0.941. The van der Waals surface area contributed by atoms with Crippen molar-refractivity contribution in [1.29, 1.82) is 0 Å². The number of amides is 1. The van der Waals surface area contributed by atoms with E-state index in [4.69, 9.17) is 14.2 Å². The predicted molar refractivity (Wildman–Crippen MR) is 86.4 cm³/mol. The third-order valence-electron chi connectivity index (χ3n) is 5.71. The summed E-state index contributed by atoms with van der Waals surface area (Å²) in [6.45, 7) is 7.81. The number of ether oxygens (including phenoxy) is 3. The van der Waals surface area contributed by atoms with Crippen LogP contribution in [0, 0.1) is 0 Å². The number of rotatable bonds is 3. The zero-order valence-corrected chi connectivity index (χ0v) is 14.5. The summed E-state index contributed by atoms with van der Waals surface area (Å²) in [7, 11) is 1.66. The van der Waals surface area contributed by atoms with E-state index in [1.807, 2.05) is 4.90 Å². The van der Waals surface area contributed by atoms with Crippen LogP contribution in [0.2, 0.25) is 0 Å². The maximum absolute atomic E-state index is 13.1. The first-order valence-corrected chi connectivity index (χ1v) is 8.92. The average Bonchev–Trinajstić information content (AvgIpc) is 2.62. The molecular weight excluding hydrogens is 296 g/mol. The fourth-order valence-corrected chi connectivity index (χ4v) is 4.14. The molecule has 0 saturated carbocycles. The number of methoxy groups -OCH3 is 1. The molecule has 0 N–H and O–H groups in total. The highest BCUT2D eigenvalue weighted by Crippen LogP contribution is 2.29. The van der Waals surface area contributed by atoms with Gasteiger partial charge in [-0.05, 0) is 19.8 Å². The Morgan fingerprint density at radius 2 is 1.74 bits per heavy atom. The molecule has 0 aromatic rings. The molecule has 1 amide bonds. The van der Waals surface area contributed by atoms with Crippen LogP contribution in [0.5, 0.6) is 0 Å². The van der Waals surface area contributed by atoms with Gasteiger partial charge in [-0.2, -0.15) is 0 Å². The number of hydrogen-bond donors (Lipinski definition) is 0. The Labute approximate surface area is 139 Å². The zero-order chi connectivity index (χ0) is 16.3. The molecule has 0 aliphatic carbocycles. The first kappa shape index (κ1) is 17.1. The van der Waals surface area contributed by atoms with Crippen molar-refractivity contribution >= 4 is 5.91 Å². The van der Waals surface area contributed by atoms with E-state index in [0.717, 1.165) is 45.7 Å². The summed E-state index contributed by atoms with van der Waals surface area (Å²) in [6.07, 6.45) is 3.55. The smallest absolute Gasteiger partial charge is 0.255 e. The monoisotopic (exact) mass is 326 g/mol. The van der Waals surface area contributed by atoms with Crippen LogP contribution in [0.1, 0.15) is 32.6 Å². The standard InChI is InChI=1S/C17H30N2O4/c1-14-13-18(15-3-9-22-10-4-15)7-8-19(14)16(20)17(21-2)5-11-23-12-6-17/h14-15H,3-13H2,1-2H3/t14-/m0/s1. The van der Waals surface area contributed by atoms with Crippen molar-refractivity contribution in [2.75, 3.05) is 53.2 Å². The van der Waals surface area contributed by atoms with Gasteiger partial charge in [-0.25, -0.2) is 0 Å². The fourth-order valence-electron chi connectivity index (χ4n) is 4.14. The largest absolute Gasteiger partial charge is 0.381 e. The second kappa shape index (κ2) is 7.47. The van der Waals surface area contributed by atoms with Gasteiger partial charge in [0.05, 0.1) is 0 Å². The highest BCUT2D eigenvalue weighted by Gasteiger charge is 2.45. The van der Waals surface area contributed by atoms with Crippen molar-refractivity contribution in [2.24, 2.45) is 0 Å². The van der Waals surface area contributed by atoms with Crippen molar-refractivity contribution in [3.8, 4) is 0 Å². The van der Waals surface area contributed by atoms with Crippen molar-refractivity contribution < 1.29 is 19.0 Å². The van der Waals surface area contributed by atoms with Gasteiger partial charge in [-0.15, -0.1) is 0 Å². The van der Waals surface area contributed by atoms with E-state index in [9.17, 15) is 4.79 Å². The lowest BCUT2D eigenvalue weighted by molar-refractivity contribution is -0.171. The van der Waals surface area contributed by atoms with Crippen LogP contribution in [0.4, 0.5) is 0 Å². The first-order chi connectivity index (χ1) is 11.2. The van der Waals surface area contributed by atoms with Crippen LogP contribution >= 0.6 is 0 Å². The van der Waals surface area contributed by atoms with Crippen molar-refractivity contribution in [1.82, 2.24) is 9.80 Å². The summed E-state index contributed by atoms with van der Waals surface area (Å²) in [5.74, 6) is 0.155. The summed E-state index contributed by atoms with van der Waals surface area (Å²) >= 11 is 0. The Morgan fingerprint density at radius 3 is 2.35 bits per heavy atom. The first-order valence-electron chi connectivity index (χ1n) is 8.92. The predicted octanol–water partition coefficient (Wildman–Crippen LogP) is 0.894. The SMILES string of the molecule is COC1(C(=O)N2CCN(C3CCOCC3)C[C@@H]2C)CCOCC1. The zero-order valence-electron chi connectivity index (χ0n) is 14.5. The second-order valence-corrected chi connectivity index (χ2v) is 7.00. The van der Waals surface area contributed by atoms with E-state index < -0.39 is 5.60 Å². The number of carbonyl (C=O) groups is 1. The molecule has 3 aliphatic rings. The van der Waals surface area contributed by atoms with Crippen molar-refractivity contribution in [2.45, 2.75) is 50.3 Å². The van der Waals surface area contributed by atoms with Gasteiger partial charge in [0, 0.05) is 78.1 Å². The van der Waals surface area contributed by atoms with E-state index in [1.165, 1.54) is 0 Å². The molecule has 3 saturated heterocycles. The van der Waals surface area contributed by atoms with Gasteiger partial charge in [-0.1, -0.05) is 0 Å². The summed E-state index contributed by atoms with van der Waals surface area (Å²) in [5, 5.41) is 0. The van der Waals surface area contributed by atoms with Gasteiger partial charge in [-0.3, -0.25) is 9.69 Å². The number of carbonyl (C=O) groups excluding carboxylic acids is 1. The minimum absolute atomic E-state index is 0.155. The molecule has 23 heavy (non-hydrogen) atoms. The Hall–Kier alpha value is -0.690. The van der Waals surface area contributed by atoms with Crippen molar-refractivity contribution in [3.05, 3.63) is 0 Å². The van der Waals surface area contributed by atoms with E-state index in [-0.39, 0.29) is 11.9 Å². The molecule has 3 fully saturated rings. The molecule has 0 unspecified atom stereocenters. The van der Waals surface area contributed by atoms with E-state index in [1.54, 1.807) is 7.11 Å². The number of nitrogens with zero attached hydrogens (tertiary/aromatic N) is 2. The highest BCUT2D eigenvalue weighted by atomic mass is 16.5. The topological polar surface area (TPSA) is 51.2 Å². The van der Waals surface area contributed by atoms with Crippen LogP contribution in [0.15, 0.2) is 0 Å². The highest BCUT2D eigenvalue weighted by molar-refractivity contribution is 5.85. The lowest BCUT2D eigenvalue weighted by Crippen LogP contribution is -2.62. The van der Waals surface area contributed by atoms with Gasteiger partial charge in [0.2, 0.25) is 0 Å². The molecule has 0 aromatic carbocycles. The Bertz CT molecular complexity index is 405. The third kappa shape index (κ3) is 3.55. The average molecular weight is 326 g/mol. The molecule has 132 valence electrons. The van der Waals surface area contributed by atoms with E-state index in [2.05, 4.69) is 11.8 Å². The van der Waals surface area contributed by atoms with Crippen LogP contribution in [0.25, 0.3) is 0 Å². The maximum Gasteiger partial charge on any atom is 0.255 e. The normalized spacial score (nSPS) is 30.3. The van der Waals surface area contributed by atoms with E-state index >= 15 is 0 Å². The third-order valence-corrected chi connectivity index (χ3v) is 5.71. The molecule has 3 aliphatic heterocycles. The summed E-state index contributed by atoms with van der Waals surface area (Å²) < 4.78 is 16.6. The van der Waals surface area contributed by atoms with Crippen LogP contribution in [-0.4, -0.2) is 86.6 Å². The quantitative estimate of drug-likeness (QED) is 0.771. The van der Waals surface area contributed by atoms with Gasteiger partial charge in [0.15, 0.2) is 5.60 Å².